The van der Waals surface area contributed by atoms with E-state index in [1.807, 2.05) is 40.8 Å². The summed E-state index contributed by atoms with van der Waals surface area (Å²) in [6, 6.07) is 0.207. The minimum absolute atomic E-state index is 0.179. The molecule has 10 nitrogen and oxygen atoms in total. The molecule has 46 heavy (non-hydrogen) atoms. The third-order valence-corrected chi connectivity index (χ3v) is 8.94. The average molecular weight is 653 g/mol. The number of nitrogens with zero attached hydrogens (tertiary/aromatic N) is 4. The zero-order valence-corrected chi connectivity index (χ0v) is 31.2. The molecule has 1 N–H and O–H groups in total. The lowest BCUT2D eigenvalue weighted by Gasteiger charge is -2.45. The standard InChI is InChI=1S/C36H68N4O6/c1-12-30(41)23-35(8,9)46-27-36(10,11)44-22-20-39-24-29(37-38-39)25-43-21-18-34(6,7)45-26-33(4,5)40(19-14-15-28(2)3)31-16-13-17-32(31)42/h24,28,31-32,42H,12-23,25-27H2,1-11H3. The first-order chi connectivity index (χ1) is 21.3. The van der Waals surface area contributed by atoms with E-state index in [0.29, 0.717) is 58.3 Å². The van der Waals surface area contributed by atoms with Crippen molar-refractivity contribution in [2.24, 2.45) is 5.92 Å². The van der Waals surface area contributed by atoms with Crippen LogP contribution in [0.3, 0.4) is 0 Å². The predicted molar refractivity (Wildman–Crippen MR) is 183 cm³/mol. The number of ketones is 1. The maximum Gasteiger partial charge on any atom is 0.135 e. The van der Waals surface area contributed by atoms with E-state index in [1.54, 1.807) is 4.68 Å². The van der Waals surface area contributed by atoms with Gasteiger partial charge in [0.05, 0.1) is 62.1 Å². The molecule has 1 aromatic heterocycles. The number of aliphatic hydroxyl groups is 1. The molecular formula is C36H68N4O6. The monoisotopic (exact) mass is 653 g/mol. The molecule has 1 aliphatic rings. The van der Waals surface area contributed by atoms with Crippen LogP contribution >= 0.6 is 0 Å². The van der Waals surface area contributed by atoms with Gasteiger partial charge >= 0.3 is 0 Å². The summed E-state index contributed by atoms with van der Waals surface area (Å²) in [6.45, 7) is 27.0. The van der Waals surface area contributed by atoms with Gasteiger partial charge in [-0.05, 0) is 106 Å². The molecule has 0 radical (unpaired) electrons. The summed E-state index contributed by atoms with van der Waals surface area (Å²) in [5.74, 6) is 0.876. The van der Waals surface area contributed by atoms with Gasteiger partial charge in [0.1, 0.15) is 11.5 Å². The van der Waals surface area contributed by atoms with Crippen LogP contribution < -0.4 is 0 Å². The summed E-state index contributed by atoms with van der Waals surface area (Å²) in [4.78, 5) is 14.3. The molecule has 0 amide bonds. The van der Waals surface area contributed by atoms with Gasteiger partial charge in [-0.25, -0.2) is 4.68 Å². The largest absolute Gasteiger partial charge is 0.391 e. The second-order valence-corrected chi connectivity index (χ2v) is 16.2. The summed E-state index contributed by atoms with van der Waals surface area (Å²) >= 11 is 0. The Kier molecular flexibility index (Phi) is 16.3. The number of rotatable bonds is 24. The summed E-state index contributed by atoms with van der Waals surface area (Å²) in [5, 5.41) is 19.2. The van der Waals surface area contributed by atoms with E-state index in [2.05, 4.69) is 56.8 Å². The fraction of sp³-hybridized carbons (Fsp3) is 0.917. The Hall–Kier alpha value is -1.43. The summed E-state index contributed by atoms with van der Waals surface area (Å²) in [5.41, 5.74) is -0.757. The molecule has 2 rings (SSSR count). The van der Waals surface area contributed by atoms with Gasteiger partial charge in [0, 0.05) is 31.0 Å². The van der Waals surface area contributed by atoms with E-state index in [-0.39, 0.29) is 29.1 Å². The van der Waals surface area contributed by atoms with E-state index in [1.165, 1.54) is 6.42 Å². The van der Waals surface area contributed by atoms with Gasteiger partial charge in [-0.3, -0.25) is 9.69 Å². The highest BCUT2D eigenvalue weighted by Crippen LogP contribution is 2.32. The topological polar surface area (TPSA) is 108 Å². The number of hydrogen-bond acceptors (Lipinski definition) is 9. The first-order valence-electron chi connectivity index (χ1n) is 17.7. The molecule has 2 unspecified atom stereocenters. The molecule has 0 aromatic carbocycles. The second-order valence-electron chi connectivity index (χ2n) is 16.2. The van der Waals surface area contributed by atoms with Gasteiger partial charge < -0.3 is 24.1 Å². The van der Waals surface area contributed by atoms with Gasteiger partial charge in [0.25, 0.3) is 0 Å². The zero-order chi connectivity index (χ0) is 34.6. The van der Waals surface area contributed by atoms with E-state index in [4.69, 9.17) is 18.9 Å². The van der Waals surface area contributed by atoms with Crippen molar-refractivity contribution in [3.05, 3.63) is 11.9 Å². The Morgan fingerprint density at radius 1 is 1.00 bits per heavy atom. The Morgan fingerprint density at radius 2 is 1.70 bits per heavy atom. The minimum Gasteiger partial charge on any atom is -0.391 e. The van der Waals surface area contributed by atoms with Crippen molar-refractivity contribution in [3.8, 4) is 0 Å². The molecule has 1 fully saturated rings. The third-order valence-electron chi connectivity index (χ3n) is 8.94. The number of Topliss-reactive ketones (excluding diaryl/α,β-unsaturated/α-hetero) is 1. The number of carbonyl (C=O) groups is 1. The zero-order valence-electron chi connectivity index (χ0n) is 31.2. The van der Waals surface area contributed by atoms with Crippen molar-refractivity contribution in [3.63, 3.8) is 0 Å². The van der Waals surface area contributed by atoms with Crippen molar-refractivity contribution >= 4 is 5.78 Å². The SMILES string of the molecule is CCC(=O)CC(C)(C)OCC(C)(C)OCCn1cc(COCCC(C)(C)OCC(C)(C)N(CCCC(C)C)C2CCCC2O)nn1. The van der Waals surface area contributed by atoms with Crippen LogP contribution in [0.1, 0.15) is 133 Å². The van der Waals surface area contributed by atoms with E-state index in [0.717, 1.165) is 44.3 Å². The molecule has 0 aliphatic heterocycles. The molecule has 0 bridgehead atoms. The lowest BCUT2D eigenvalue weighted by Crippen LogP contribution is -2.56. The molecule has 268 valence electrons. The average Bonchev–Trinajstić information content (AvgIpc) is 3.59. The molecule has 0 saturated heterocycles. The first kappa shape index (κ1) is 40.7. The van der Waals surface area contributed by atoms with Crippen molar-refractivity contribution in [1.29, 1.82) is 0 Å². The van der Waals surface area contributed by atoms with E-state index in [9.17, 15) is 9.90 Å². The molecule has 1 aromatic rings. The predicted octanol–water partition coefficient (Wildman–Crippen LogP) is 6.37. The summed E-state index contributed by atoms with van der Waals surface area (Å²) in [7, 11) is 0. The second kappa shape index (κ2) is 18.4. The highest BCUT2D eigenvalue weighted by molar-refractivity contribution is 5.78. The minimum atomic E-state index is -0.514. The van der Waals surface area contributed by atoms with Crippen molar-refractivity contribution < 1.29 is 28.8 Å². The fourth-order valence-electron chi connectivity index (χ4n) is 5.88. The number of carbonyl (C=O) groups excluding carboxylic acids is 1. The Morgan fingerprint density at radius 3 is 2.33 bits per heavy atom. The van der Waals surface area contributed by atoms with Crippen molar-refractivity contribution in [2.75, 3.05) is 33.0 Å². The highest BCUT2D eigenvalue weighted by atomic mass is 16.6. The van der Waals surface area contributed by atoms with Gasteiger partial charge in [0.15, 0.2) is 0 Å². The van der Waals surface area contributed by atoms with Gasteiger partial charge in [0.2, 0.25) is 0 Å². The number of hydrogen-bond donors (Lipinski definition) is 1. The van der Waals surface area contributed by atoms with Crippen LogP contribution in [0.5, 0.6) is 0 Å². The normalized spacial score (nSPS) is 18.3. The molecule has 10 heteroatoms. The van der Waals surface area contributed by atoms with Crippen LogP contribution in [-0.2, 0) is 36.9 Å². The van der Waals surface area contributed by atoms with Crippen LogP contribution in [0.2, 0.25) is 0 Å². The van der Waals surface area contributed by atoms with Crippen molar-refractivity contribution in [2.45, 2.75) is 175 Å². The van der Waals surface area contributed by atoms with Crippen LogP contribution in [0.15, 0.2) is 6.20 Å². The smallest absolute Gasteiger partial charge is 0.135 e. The lowest BCUT2D eigenvalue weighted by molar-refractivity contribution is -0.138. The maximum absolute atomic E-state index is 11.8. The lowest BCUT2D eigenvalue weighted by atomic mass is 9.96. The molecular weight excluding hydrogens is 584 g/mol. The van der Waals surface area contributed by atoms with E-state index < -0.39 is 11.2 Å². The van der Waals surface area contributed by atoms with Crippen molar-refractivity contribution in [1.82, 2.24) is 19.9 Å². The molecule has 0 spiro atoms. The fourth-order valence-corrected chi connectivity index (χ4v) is 5.88. The summed E-state index contributed by atoms with van der Waals surface area (Å²) < 4.78 is 26.3. The van der Waals surface area contributed by atoms with Crippen LogP contribution in [0.25, 0.3) is 0 Å². The molecule has 1 heterocycles. The number of aliphatic hydroxyl groups excluding tert-OH is 1. The third kappa shape index (κ3) is 15.2. The Balaban J connectivity index is 1.73. The van der Waals surface area contributed by atoms with Gasteiger partial charge in [-0.2, -0.15) is 0 Å². The summed E-state index contributed by atoms with van der Waals surface area (Å²) in [6.07, 6.45) is 8.67. The van der Waals surface area contributed by atoms with Crippen LogP contribution in [0.4, 0.5) is 0 Å². The maximum atomic E-state index is 11.8. The van der Waals surface area contributed by atoms with Crippen LogP contribution in [0, 0.1) is 5.92 Å². The number of aromatic nitrogens is 3. The molecule has 1 saturated carbocycles. The van der Waals surface area contributed by atoms with Gasteiger partial charge in [-0.1, -0.05) is 26.0 Å². The highest BCUT2D eigenvalue weighted by Gasteiger charge is 2.39. The first-order valence-corrected chi connectivity index (χ1v) is 17.7. The molecule has 1 aliphatic carbocycles. The number of ether oxygens (including phenoxy) is 4. The molecule has 2 atom stereocenters. The van der Waals surface area contributed by atoms with E-state index >= 15 is 0 Å². The Labute approximate surface area is 280 Å². The van der Waals surface area contributed by atoms with Gasteiger partial charge in [-0.15, -0.1) is 5.10 Å². The Bertz CT molecular complexity index is 1020. The quantitative estimate of drug-likeness (QED) is 0.128. The van der Waals surface area contributed by atoms with Crippen LogP contribution in [-0.4, -0.2) is 98.2 Å².